The van der Waals surface area contributed by atoms with Crippen LogP contribution in [0.4, 0.5) is 17.6 Å². The van der Waals surface area contributed by atoms with Crippen LogP contribution in [0.25, 0.3) is 16.8 Å². The van der Waals surface area contributed by atoms with Gasteiger partial charge in [0.15, 0.2) is 11.5 Å². The summed E-state index contributed by atoms with van der Waals surface area (Å²) >= 11 is 0. The Kier molecular flexibility index (Phi) is 7.46. The fourth-order valence-corrected chi connectivity index (χ4v) is 3.93. The topological polar surface area (TPSA) is 101 Å². The number of likely N-dealkylation sites (tertiary alicyclic amines) is 1. The lowest BCUT2D eigenvalue weighted by Gasteiger charge is -2.30. The first-order chi connectivity index (χ1) is 17.6. The molecule has 0 aliphatic carbocycles. The van der Waals surface area contributed by atoms with Crippen LogP contribution in [0.2, 0.25) is 0 Å². The van der Waals surface area contributed by atoms with E-state index in [4.69, 9.17) is 9.90 Å². The van der Waals surface area contributed by atoms with E-state index in [-0.39, 0.29) is 17.6 Å². The first-order valence-electron chi connectivity index (χ1n) is 11.2. The highest BCUT2D eigenvalue weighted by molar-refractivity contribution is 5.94. The number of carboxylic acids is 1. The van der Waals surface area contributed by atoms with Gasteiger partial charge in [0.1, 0.15) is 5.82 Å². The molecule has 5 rings (SSSR count). The third-order valence-corrected chi connectivity index (χ3v) is 5.82. The first kappa shape index (κ1) is 25.7. The smallest absolute Gasteiger partial charge is 0.475 e. The molecule has 4 heterocycles. The molecule has 1 amide bonds. The van der Waals surface area contributed by atoms with E-state index in [1.54, 1.807) is 35.1 Å². The lowest BCUT2D eigenvalue weighted by atomic mass is 9.96. The molecule has 3 aromatic heterocycles. The van der Waals surface area contributed by atoms with Gasteiger partial charge in [-0.3, -0.25) is 9.78 Å². The molecule has 1 fully saturated rings. The Bertz CT molecular complexity index is 1400. The fourth-order valence-electron chi connectivity index (χ4n) is 3.93. The van der Waals surface area contributed by atoms with E-state index in [1.165, 1.54) is 12.1 Å². The SMILES string of the molecule is O=C(O)C(F)(F)F.O=C(c1ccncc1)N1CCC(c2nc3ccc(-c4cccc(F)c4)cn3n2)CC1. The molecule has 12 heteroatoms. The highest BCUT2D eigenvalue weighted by Crippen LogP contribution is 2.28. The van der Waals surface area contributed by atoms with E-state index in [2.05, 4.69) is 15.1 Å². The van der Waals surface area contributed by atoms with E-state index >= 15 is 0 Å². The summed E-state index contributed by atoms with van der Waals surface area (Å²) in [6.45, 7) is 1.35. The van der Waals surface area contributed by atoms with Crippen LogP contribution in [0.3, 0.4) is 0 Å². The van der Waals surface area contributed by atoms with Gasteiger partial charge in [-0.1, -0.05) is 12.1 Å². The van der Waals surface area contributed by atoms with Crippen molar-refractivity contribution < 1.29 is 32.3 Å². The molecule has 1 aliphatic rings. The van der Waals surface area contributed by atoms with Crippen LogP contribution in [-0.4, -0.2) is 60.7 Å². The molecular weight excluding hydrogens is 494 g/mol. The van der Waals surface area contributed by atoms with Gasteiger partial charge < -0.3 is 10.0 Å². The van der Waals surface area contributed by atoms with Crippen molar-refractivity contribution in [2.24, 2.45) is 0 Å². The fraction of sp³-hybridized carbons (Fsp3) is 0.240. The van der Waals surface area contributed by atoms with Gasteiger partial charge >= 0.3 is 12.1 Å². The second kappa shape index (κ2) is 10.7. The quantitative estimate of drug-likeness (QED) is 0.401. The molecule has 0 radical (unpaired) electrons. The maximum atomic E-state index is 13.5. The number of rotatable bonds is 3. The van der Waals surface area contributed by atoms with Gasteiger partial charge in [-0.15, -0.1) is 0 Å². The van der Waals surface area contributed by atoms with Crippen molar-refractivity contribution >= 4 is 17.5 Å². The molecule has 0 spiro atoms. The monoisotopic (exact) mass is 515 g/mol. The van der Waals surface area contributed by atoms with Gasteiger partial charge in [0.05, 0.1) is 0 Å². The standard InChI is InChI=1S/C23H20FN5O.C2HF3O2/c24-20-3-1-2-18(14-20)19-4-5-21-26-22(27-29(21)15-19)16-8-12-28(13-9-16)23(30)17-6-10-25-11-7-17;3-2(4,5)1(6)7/h1-7,10-11,14-16H,8-9,12-13H2;(H,6,7). The minimum absolute atomic E-state index is 0.0403. The summed E-state index contributed by atoms with van der Waals surface area (Å²) in [7, 11) is 0. The van der Waals surface area contributed by atoms with Crippen LogP contribution >= 0.6 is 0 Å². The maximum Gasteiger partial charge on any atom is 0.490 e. The number of aromatic nitrogens is 4. The molecule has 0 atom stereocenters. The zero-order chi connectivity index (χ0) is 26.6. The van der Waals surface area contributed by atoms with Crippen molar-refractivity contribution in [1.29, 1.82) is 0 Å². The Labute approximate surface area is 208 Å². The van der Waals surface area contributed by atoms with E-state index < -0.39 is 12.1 Å². The molecule has 1 N–H and O–H groups in total. The molecule has 4 aromatic rings. The number of hydrogen-bond acceptors (Lipinski definition) is 5. The lowest BCUT2D eigenvalue weighted by Crippen LogP contribution is -2.38. The Morgan fingerprint density at radius 2 is 1.65 bits per heavy atom. The number of piperidine rings is 1. The van der Waals surface area contributed by atoms with Crippen molar-refractivity contribution in [3.63, 3.8) is 0 Å². The molecule has 1 aliphatic heterocycles. The number of nitrogens with zero attached hydrogens (tertiary/aromatic N) is 5. The van der Waals surface area contributed by atoms with Gasteiger partial charge in [0.25, 0.3) is 5.91 Å². The Balaban J connectivity index is 0.000000405. The summed E-state index contributed by atoms with van der Waals surface area (Å²) in [5.41, 5.74) is 3.12. The number of pyridine rings is 2. The number of carbonyl (C=O) groups excluding carboxylic acids is 1. The largest absolute Gasteiger partial charge is 0.490 e. The molecular formula is C25H21F4N5O3. The van der Waals surface area contributed by atoms with Gasteiger partial charge in [0, 0.05) is 48.7 Å². The van der Waals surface area contributed by atoms with Gasteiger partial charge in [-0.25, -0.2) is 18.7 Å². The number of alkyl halides is 3. The minimum atomic E-state index is -5.08. The third-order valence-electron chi connectivity index (χ3n) is 5.82. The van der Waals surface area contributed by atoms with Crippen molar-refractivity contribution in [2.75, 3.05) is 13.1 Å². The van der Waals surface area contributed by atoms with Crippen LogP contribution < -0.4 is 0 Å². The second-order valence-corrected chi connectivity index (χ2v) is 8.31. The Hall–Kier alpha value is -4.35. The third kappa shape index (κ3) is 6.26. The summed E-state index contributed by atoms with van der Waals surface area (Å²) in [5, 5.41) is 11.8. The highest BCUT2D eigenvalue weighted by Gasteiger charge is 2.38. The normalized spacial score (nSPS) is 14.2. The summed E-state index contributed by atoms with van der Waals surface area (Å²) in [6.07, 6.45) is 1.72. The molecule has 0 unspecified atom stereocenters. The van der Waals surface area contributed by atoms with Gasteiger partial charge in [-0.2, -0.15) is 18.3 Å². The number of amides is 1. The van der Waals surface area contributed by atoms with Crippen LogP contribution in [-0.2, 0) is 4.79 Å². The lowest BCUT2D eigenvalue weighted by molar-refractivity contribution is -0.192. The number of halogens is 4. The zero-order valence-electron chi connectivity index (χ0n) is 19.3. The van der Waals surface area contributed by atoms with E-state index in [0.29, 0.717) is 18.7 Å². The predicted octanol–water partition coefficient (Wildman–Crippen LogP) is 4.58. The minimum Gasteiger partial charge on any atom is -0.475 e. The van der Waals surface area contributed by atoms with Crippen LogP contribution in [0.15, 0.2) is 67.1 Å². The maximum absolute atomic E-state index is 13.5. The summed E-state index contributed by atoms with van der Waals surface area (Å²) in [6, 6.07) is 13.8. The van der Waals surface area contributed by atoms with Crippen LogP contribution in [0.1, 0.15) is 34.9 Å². The number of fused-ring (bicyclic) bond motifs is 1. The molecule has 37 heavy (non-hydrogen) atoms. The number of hydrogen-bond donors (Lipinski definition) is 1. The average Bonchev–Trinajstić information content (AvgIpc) is 3.32. The zero-order valence-corrected chi connectivity index (χ0v) is 19.3. The molecule has 8 nitrogen and oxygen atoms in total. The Morgan fingerprint density at radius 3 is 2.27 bits per heavy atom. The summed E-state index contributed by atoms with van der Waals surface area (Å²) in [5.74, 6) is -1.97. The number of aliphatic carboxylic acids is 1. The van der Waals surface area contributed by atoms with Crippen molar-refractivity contribution in [3.8, 4) is 11.1 Å². The summed E-state index contributed by atoms with van der Waals surface area (Å²) < 4.78 is 47.0. The van der Waals surface area contributed by atoms with Gasteiger partial charge in [-0.05, 0) is 54.8 Å². The molecule has 192 valence electrons. The van der Waals surface area contributed by atoms with E-state index in [1.807, 2.05) is 29.3 Å². The van der Waals surface area contributed by atoms with Crippen molar-refractivity contribution in [3.05, 3.63) is 84.3 Å². The predicted molar refractivity (Wildman–Crippen MR) is 124 cm³/mol. The van der Waals surface area contributed by atoms with Crippen LogP contribution in [0, 0.1) is 5.82 Å². The highest BCUT2D eigenvalue weighted by atomic mass is 19.4. The number of carboxylic acid groups (broad SMARTS) is 1. The second-order valence-electron chi connectivity index (χ2n) is 8.31. The molecule has 1 saturated heterocycles. The first-order valence-corrected chi connectivity index (χ1v) is 11.2. The van der Waals surface area contributed by atoms with Crippen molar-refractivity contribution in [1.82, 2.24) is 24.5 Å². The van der Waals surface area contributed by atoms with E-state index in [9.17, 15) is 22.4 Å². The molecule has 0 bridgehead atoms. The number of carbonyl (C=O) groups is 2. The molecule has 1 aromatic carbocycles. The van der Waals surface area contributed by atoms with Crippen molar-refractivity contribution in [2.45, 2.75) is 24.9 Å². The number of benzene rings is 1. The molecule has 0 saturated carbocycles. The van der Waals surface area contributed by atoms with Gasteiger partial charge in [0.2, 0.25) is 0 Å². The van der Waals surface area contributed by atoms with E-state index in [0.717, 1.165) is 35.4 Å². The Morgan fingerprint density at radius 1 is 0.973 bits per heavy atom. The summed E-state index contributed by atoms with van der Waals surface area (Å²) in [4.78, 5) is 32.0. The average molecular weight is 515 g/mol. The van der Waals surface area contributed by atoms with Crippen LogP contribution in [0.5, 0.6) is 0 Å².